The van der Waals surface area contributed by atoms with Crippen molar-refractivity contribution in [3.05, 3.63) is 89.0 Å². The van der Waals surface area contributed by atoms with Gasteiger partial charge >= 0.3 is 0 Å². The molecule has 1 N–H and O–H groups in total. The van der Waals surface area contributed by atoms with E-state index in [1.54, 1.807) is 11.8 Å². The van der Waals surface area contributed by atoms with Crippen molar-refractivity contribution in [3.63, 3.8) is 0 Å². The summed E-state index contributed by atoms with van der Waals surface area (Å²) >= 11 is 1.67. The van der Waals surface area contributed by atoms with Gasteiger partial charge in [0, 0.05) is 16.3 Å². The molecule has 0 saturated heterocycles. The molecule has 0 amide bonds. The highest BCUT2D eigenvalue weighted by Crippen LogP contribution is 2.39. The summed E-state index contributed by atoms with van der Waals surface area (Å²) in [7, 11) is -3.55. The first kappa shape index (κ1) is 19.2. The standard InChI is InChI=1S/C23H23NO2S2/c1-17-15-20-12-11-19-9-5-6-10-21(19)27-22(20)16-23(17)28(25,26)24-14-13-18-7-3-2-4-8-18/h2-10,15-16,24H,11-14H2,1H3. The third-order valence-electron chi connectivity index (χ3n) is 5.05. The SMILES string of the molecule is Cc1cc2c(cc1S(=O)(=O)NCCc1ccccc1)Sc1ccccc1CC2. The van der Waals surface area contributed by atoms with Crippen LogP contribution in [0.15, 0.2) is 81.4 Å². The van der Waals surface area contributed by atoms with Crippen molar-refractivity contribution >= 4 is 21.8 Å². The second kappa shape index (κ2) is 8.11. The van der Waals surface area contributed by atoms with Crippen molar-refractivity contribution < 1.29 is 8.42 Å². The van der Waals surface area contributed by atoms with E-state index in [0.29, 0.717) is 17.9 Å². The van der Waals surface area contributed by atoms with Gasteiger partial charge in [-0.05, 0) is 60.6 Å². The number of nitrogens with one attached hydrogen (secondary N) is 1. The fourth-order valence-electron chi connectivity index (χ4n) is 3.56. The van der Waals surface area contributed by atoms with Crippen LogP contribution < -0.4 is 4.72 Å². The molecule has 28 heavy (non-hydrogen) atoms. The molecular formula is C23H23NO2S2. The van der Waals surface area contributed by atoms with Crippen LogP contribution in [0.2, 0.25) is 0 Å². The van der Waals surface area contributed by atoms with Crippen molar-refractivity contribution in [2.24, 2.45) is 0 Å². The molecule has 0 spiro atoms. The van der Waals surface area contributed by atoms with E-state index in [0.717, 1.165) is 28.9 Å². The molecule has 1 aliphatic heterocycles. The van der Waals surface area contributed by atoms with Gasteiger partial charge in [0.05, 0.1) is 4.90 Å². The average Bonchev–Trinajstić information content (AvgIpc) is 2.87. The zero-order chi connectivity index (χ0) is 19.6. The highest BCUT2D eigenvalue weighted by molar-refractivity contribution is 7.99. The van der Waals surface area contributed by atoms with Gasteiger partial charge < -0.3 is 0 Å². The second-order valence-corrected chi connectivity index (χ2v) is 9.89. The van der Waals surface area contributed by atoms with E-state index in [-0.39, 0.29) is 0 Å². The van der Waals surface area contributed by atoms with E-state index in [9.17, 15) is 8.42 Å². The molecule has 0 aliphatic carbocycles. The lowest BCUT2D eigenvalue weighted by molar-refractivity contribution is 0.580. The smallest absolute Gasteiger partial charge is 0.211 e. The molecule has 0 saturated carbocycles. The van der Waals surface area contributed by atoms with Crippen LogP contribution in [0.1, 0.15) is 22.3 Å². The molecule has 0 fully saturated rings. The van der Waals surface area contributed by atoms with Crippen molar-refractivity contribution in [2.75, 3.05) is 6.54 Å². The van der Waals surface area contributed by atoms with Crippen LogP contribution in [0.4, 0.5) is 0 Å². The lowest BCUT2D eigenvalue weighted by atomic mass is 10.0. The Morgan fingerprint density at radius 2 is 1.61 bits per heavy atom. The van der Waals surface area contributed by atoms with Crippen molar-refractivity contribution in [2.45, 2.75) is 40.9 Å². The third kappa shape index (κ3) is 4.17. The van der Waals surface area contributed by atoms with E-state index in [1.807, 2.05) is 55.5 Å². The lowest BCUT2D eigenvalue weighted by Crippen LogP contribution is -2.26. The molecule has 0 atom stereocenters. The van der Waals surface area contributed by atoms with Crippen LogP contribution >= 0.6 is 11.8 Å². The van der Waals surface area contributed by atoms with Crippen LogP contribution in [0.3, 0.4) is 0 Å². The normalized spacial score (nSPS) is 13.5. The Morgan fingerprint density at radius 1 is 0.893 bits per heavy atom. The van der Waals surface area contributed by atoms with Gasteiger partial charge in [0.2, 0.25) is 10.0 Å². The van der Waals surface area contributed by atoms with Crippen LogP contribution in [0.25, 0.3) is 0 Å². The summed E-state index contributed by atoms with van der Waals surface area (Å²) in [5, 5.41) is 0. The Bertz CT molecular complexity index is 1090. The number of hydrogen-bond acceptors (Lipinski definition) is 3. The van der Waals surface area contributed by atoms with Gasteiger partial charge in [-0.2, -0.15) is 0 Å². The molecule has 3 aromatic rings. The molecule has 4 rings (SSSR count). The molecule has 0 bridgehead atoms. The Kier molecular flexibility index (Phi) is 5.58. The molecule has 0 unspecified atom stereocenters. The number of rotatable bonds is 5. The first-order chi connectivity index (χ1) is 13.5. The highest BCUT2D eigenvalue weighted by Gasteiger charge is 2.21. The maximum atomic E-state index is 12.9. The zero-order valence-corrected chi connectivity index (χ0v) is 17.4. The van der Waals surface area contributed by atoms with E-state index in [2.05, 4.69) is 22.9 Å². The first-order valence-corrected chi connectivity index (χ1v) is 11.8. The summed E-state index contributed by atoms with van der Waals surface area (Å²) in [4.78, 5) is 2.63. The van der Waals surface area contributed by atoms with Crippen LogP contribution in [-0.2, 0) is 29.3 Å². The topological polar surface area (TPSA) is 46.2 Å². The summed E-state index contributed by atoms with van der Waals surface area (Å²) < 4.78 is 28.6. The minimum atomic E-state index is -3.55. The molecule has 5 heteroatoms. The van der Waals surface area contributed by atoms with Gasteiger partial charge in [-0.15, -0.1) is 0 Å². The van der Waals surface area contributed by atoms with Crippen LogP contribution in [0, 0.1) is 6.92 Å². The molecule has 0 aromatic heterocycles. The summed E-state index contributed by atoms with van der Waals surface area (Å²) in [6.45, 7) is 2.27. The maximum absolute atomic E-state index is 12.9. The largest absolute Gasteiger partial charge is 0.240 e. The number of aryl methyl sites for hydroxylation is 3. The molecule has 1 aliphatic rings. The number of sulfonamides is 1. The van der Waals surface area contributed by atoms with Gasteiger partial charge in [-0.1, -0.05) is 66.4 Å². The third-order valence-corrected chi connectivity index (χ3v) is 7.87. The minimum absolute atomic E-state index is 0.381. The minimum Gasteiger partial charge on any atom is -0.211 e. The van der Waals surface area contributed by atoms with Crippen molar-refractivity contribution in [3.8, 4) is 0 Å². The zero-order valence-electron chi connectivity index (χ0n) is 15.8. The van der Waals surface area contributed by atoms with Gasteiger partial charge in [0.25, 0.3) is 0 Å². The first-order valence-electron chi connectivity index (χ1n) is 9.46. The molecule has 3 aromatic carbocycles. The summed E-state index contributed by atoms with van der Waals surface area (Å²) in [6.07, 6.45) is 2.59. The Morgan fingerprint density at radius 3 is 2.43 bits per heavy atom. The second-order valence-electron chi connectivity index (χ2n) is 7.07. The average molecular weight is 410 g/mol. The molecule has 1 heterocycles. The maximum Gasteiger partial charge on any atom is 0.240 e. The van der Waals surface area contributed by atoms with Crippen molar-refractivity contribution in [1.82, 2.24) is 4.72 Å². The number of fused-ring (bicyclic) bond motifs is 2. The van der Waals surface area contributed by atoms with Gasteiger partial charge in [-0.25, -0.2) is 13.1 Å². The lowest BCUT2D eigenvalue weighted by Gasteiger charge is -2.14. The highest BCUT2D eigenvalue weighted by atomic mass is 32.2. The van der Waals surface area contributed by atoms with Crippen LogP contribution in [-0.4, -0.2) is 15.0 Å². The van der Waals surface area contributed by atoms with E-state index < -0.39 is 10.0 Å². The summed E-state index contributed by atoms with van der Waals surface area (Å²) in [6, 6.07) is 22.2. The Hall–Kier alpha value is -2.08. The van der Waals surface area contributed by atoms with E-state index in [1.165, 1.54) is 16.0 Å². The molecule has 0 radical (unpaired) electrons. The predicted octanol–water partition coefficient (Wildman–Crippen LogP) is 4.77. The van der Waals surface area contributed by atoms with Gasteiger partial charge in [-0.3, -0.25) is 0 Å². The quantitative estimate of drug-likeness (QED) is 0.660. The Labute approximate surface area is 171 Å². The molecule has 144 valence electrons. The number of benzene rings is 3. The van der Waals surface area contributed by atoms with Crippen molar-refractivity contribution in [1.29, 1.82) is 0 Å². The number of hydrogen-bond donors (Lipinski definition) is 1. The molecule has 3 nitrogen and oxygen atoms in total. The Balaban J connectivity index is 1.57. The van der Waals surface area contributed by atoms with Crippen LogP contribution in [0.5, 0.6) is 0 Å². The molecular weight excluding hydrogens is 386 g/mol. The van der Waals surface area contributed by atoms with Gasteiger partial charge in [0.1, 0.15) is 0 Å². The monoisotopic (exact) mass is 409 g/mol. The fraction of sp³-hybridized carbons (Fsp3) is 0.217. The predicted molar refractivity (Wildman–Crippen MR) is 114 cm³/mol. The fourth-order valence-corrected chi connectivity index (χ4v) is 6.07. The summed E-state index contributed by atoms with van der Waals surface area (Å²) in [5.41, 5.74) is 4.47. The van der Waals surface area contributed by atoms with Gasteiger partial charge in [0.15, 0.2) is 0 Å². The summed E-state index contributed by atoms with van der Waals surface area (Å²) in [5.74, 6) is 0. The van der Waals surface area contributed by atoms with E-state index in [4.69, 9.17) is 0 Å². The van der Waals surface area contributed by atoms with E-state index >= 15 is 0 Å².